The Labute approximate surface area is 248 Å². The molecule has 12 heteroatoms. The molecule has 41 heavy (non-hydrogen) atoms. The zero-order chi connectivity index (χ0) is 29.6. The van der Waals surface area contributed by atoms with Gasteiger partial charge in [-0.3, -0.25) is 14.3 Å². The molecule has 0 saturated carbocycles. The Balaban J connectivity index is 1.47. The van der Waals surface area contributed by atoms with Crippen LogP contribution in [0.1, 0.15) is 20.0 Å². The lowest BCUT2D eigenvalue weighted by Gasteiger charge is -2.15. The molecule has 0 saturated heterocycles. The molecule has 0 radical (unpaired) electrons. The number of rotatable bonds is 11. The summed E-state index contributed by atoms with van der Waals surface area (Å²) in [7, 11) is 0.692. The van der Waals surface area contributed by atoms with Gasteiger partial charge in [0.2, 0.25) is 0 Å². The Bertz CT molecular complexity index is 1670. The summed E-state index contributed by atoms with van der Waals surface area (Å²) in [6, 6.07) is 22.0. The number of nitrogens with zero attached hydrogens (tertiary/aromatic N) is 1. The number of sulfonamides is 1. The smallest absolute Gasteiger partial charge is 0.265 e. The lowest BCUT2D eigenvalue weighted by Crippen LogP contribution is -2.28. The summed E-state index contributed by atoms with van der Waals surface area (Å²) in [6.45, 7) is 0.780. The fraction of sp³-hybridized carbons (Fsp3) is 0.172. The van der Waals surface area contributed by atoms with E-state index < -0.39 is 10.0 Å². The lowest BCUT2D eigenvalue weighted by atomic mass is 10.0. The van der Waals surface area contributed by atoms with Gasteiger partial charge in [0.05, 0.1) is 22.0 Å². The maximum absolute atomic E-state index is 13.5. The van der Waals surface area contributed by atoms with E-state index in [9.17, 15) is 18.0 Å². The minimum absolute atomic E-state index is 0.0448. The van der Waals surface area contributed by atoms with E-state index in [0.717, 1.165) is 0 Å². The van der Waals surface area contributed by atoms with Crippen molar-refractivity contribution in [3.63, 3.8) is 0 Å². The second-order valence-corrected chi connectivity index (χ2v) is 12.5. The van der Waals surface area contributed by atoms with Gasteiger partial charge in [0.15, 0.2) is 0 Å². The predicted octanol–water partition coefficient (Wildman–Crippen LogP) is 5.42. The van der Waals surface area contributed by atoms with Crippen LogP contribution in [0.2, 0.25) is 4.34 Å². The van der Waals surface area contributed by atoms with E-state index in [1.165, 1.54) is 29.4 Å². The standard InChI is InChI=1S/C29H29ClN4O5S2/c1-34(2)29(36)21-7-4-6-19(16-21)20-10-11-24(39-3)26(17-20)41(37,38)33-23-9-5-8-22(18-23)31-14-15-32-28(35)25-12-13-27(30)40-25/h4-13,16-18,31,33H,14-15H2,1-3H3,(H,32,35). The van der Waals surface area contributed by atoms with Gasteiger partial charge in [-0.25, -0.2) is 8.42 Å². The van der Waals surface area contributed by atoms with Crippen LogP contribution in [0.3, 0.4) is 0 Å². The van der Waals surface area contributed by atoms with E-state index in [1.54, 1.807) is 80.8 Å². The summed E-state index contributed by atoms with van der Waals surface area (Å²) in [6.07, 6.45) is 0. The SMILES string of the molecule is COc1ccc(-c2cccc(C(=O)N(C)C)c2)cc1S(=O)(=O)Nc1cccc(NCCNC(=O)c2ccc(Cl)s2)c1. The van der Waals surface area contributed by atoms with E-state index in [2.05, 4.69) is 15.4 Å². The number of anilines is 2. The molecular formula is C29H29ClN4O5S2. The minimum atomic E-state index is -4.05. The van der Waals surface area contributed by atoms with Crippen molar-refractivity contribution in [2.75, 3.05) is 44.3 Å². The Hall–Kier alpha value is -4.06. The third-order valence-corrected chi connectivity index (χ3v) is 8.59. The summed E-state index contributed by atoms with van der Waals surface area (Å²) in [5.41, 5.74) is 2.81. The molecular weight excluding hydrogens is 584 g/mol. The number of ether oxygens (including phenoxy) is 1. The second kappa shape index (κ2) is 13.1. The second-order valence-electron chi connectivity index (χ2n) is 9.12. The van der Waals surface area contributed by atoms with Crippen molar-refractivity contribution in [2.45, 2.75) is 4.90 Å². The molecule has 1 aromatic heterocycles. The first-order valence-electron chi connectivity index (χ1n) is 12.5. The van der Waals surface area contributed by atoms with Crippen LogP contribution in [0.25, 0.3) is 11.1 Å². The number of methoxy groups -OCH3 is 1. The zero-order valence-corrected chi connectivity index (χ0v) is 25.0. The van der Waals surface area contributed by atoms with Gasteiger partial charge in [0.1, 0.15) is 10.6 Å². The highest BCUT2D eigenvalue weighted by atomic mass is 35.5. The largest absolute Gasteiger partial charge is 0.495 e. The average Bonchev–Trinajstić information content (AvgIpc) is 3.40. The van der Waals surface area contributed by atoms with Gasteiger partial charge in [0, 0.05) is 38.4 Å². The number of carbonyl (C=O) groups is 2. The number of thiophene rings is 1. The molecule has 214 valence electrons. The highest BCUT2D eigenvalue weighted by Crippen LogP contribution is 2.32. The molecule has 0 unspecified atom stereocenters. The molecule has 9 nitrogen and oxygen atoms in total. The molecule has 0 aliphatic heterocycles. The molecule has 3 N–H and O–H groups in total. The molecule has 0 fully saturated rings. The Morgan fingerprint density at radius 2 is 1.63 bits per heavy atom. The summed E-state index contributed by atoms with van der Waals surface area (Å²) in [4.78, 5) is 26.6. The molecule has 1 heterocycles. The van der Waals surface area contributed by atoms with Crippen LogP contribution in [0.15, 0.2) is 83.8 Å². The van der Waals surface area contributed by atoms with Crippen molar-refractivity contribution in [2.24, 2.45) is 0 Å². The molecule has 0 aliphatic carbocycles. The first-order valence-corrected chi connectivity index (χ1v) is 15.2. The average molecular weight is 613 g/mol. The van der Waals surface area contributed by atoms with Crippen molar-refractivity contribution < 1.29 is 22.7 Å². The third-order valence-electron chi connectivity index (χ3n) is 5.95. The lowest BCUT2D eigenvalue weighted by molar-refractivity contribution is 0.0827. The zero-order valence-electron chi connectivity index (χ0n) is 22.6. The van der Waals surface area contributed by atoms with E-state index in [-0.39, 0.29) is 22.5 Å². The Kier molecular flexibility index (Phi) is 9.53. The van der Waals surface area contributed by atoms with Crippen LogP contribution in [-0.4, -0.2) is 59.4 Å². The fourth-order valence-corrected chi connectivity index (χ4v) is 6.17. The summed E-state index contributed by atoms with van der Waals surface area (Å²) in [5, 5.41) is 5.98. The molecule has 2 amide bonds. The number of benzene rings is 3. The summed E-state index contributed by atoms with van der Waals surface area (Å²) >= 11 is 7.09. The summed E-state index contributed by atoms with van der Waals surface area (Å²) in [5.74, 6) is -0.186. The van der Waals surface area contributed by atoms with Gasteiger partial charge in [-0.1, -0.05) is 35.9 Å². The number of amides is 2. The molecule has 0 atom stereocenters. The third kappa shape index (κ3) is 7.57. The van der Waals surface area contributed by atoms with Crippen LogP contribution >= 0.6 is 22.9 Å². The maximum Gasteiger partial charge on any atom is 0.265 e. The Morgan fingerprint density at radius 1 is 0.902 bits per heavy atom. The minimum Gasteiger partial charge on any atom is -0.495 e. The topological polar surface area (TPSA) is 117 Å². The van der Waals surface area contributed by atoms with Crippen molar-refractivity contribution >= 4 is 56.2 Å². The number of hydrogen-bond acceptors (Lipinski definition) is 7. The van der Waals surface area contributed by atoms with Crippen LogP contribution in [0.5, 0.6) is 5.75 Å². The van der Waals surface area contributed by atoms with Crippen molar-refractivity contribution in [3.8, 4) is 16.9 Å². The van der Waals surface area contributed by atoms with Crippen LogP contribution in [-0.2, 0) is 10.0 Å². The maximum atomic E-state index is 13.5. The first kappa shape index (κ1) is 29.9. The summed E-state index contributed by atoms with van der Waals surface area (Å²) < 4.78 is 35.5. The predicted molar refractivity (Wildman–Crippen MR) is 164 cm³/mol. The van der Waals surface area contributed by atoms with E-state index in [0.29, 0.717) is 50.4 Å². The normalized spacial score (nSPS) is 11.0. The molecule has 4 aromatic rings. The number of nitrogens with one attached hydrogen (secondary N) is 3. The number of hydrogen-bond donors (Lipinski definition) is 3. The van der Waals surface area contributed by atoms with Crippen molar-refractivity contribution in [3.05, 3.63) is 93.6 Å². The van der Waals surface area contributed by atoms with Crippen molar-refractivity contribution in [1.29, 1.82) is 0 Å². The molecule has 0 aliphatic rings. The van der Waals surface area contributed by atoms with Crippen LogP contribution in [0.4, 0.5) is 11.4 Å². The number of halogens is 1. The Morgan fingerprint density at radius 3 is 2.34 bits per heavy atom. The fourth-order valence-electron chi connectivity index (χ4n) is 3.97. The molecule has 0 spiro atoms. The van der Waals surface area contributed by atoms with Gasteiger partial charge in [-0.15, -0.1) is 11.3 Å². The quantitative estimate of drug-likeness (QED) is 0.195. The van der Waals surface area contributed by atoms with Crippen molar-refractivity contribution in [1.82, 2.24) is 10.2 Å². The van der Waals surface area contributed by atoms with E-state index in [1.807, 2.05) is 6.07 Å². The molecule has 4 rings (SSSR count). The van der Waals surface area contributed by atoms with Gasteiger partial charge in [-0.2, -0.15) is 0 Å². The van der Waals surface area contributed by atoms with Gasteiger partial charge >= 0.3 is 0 Å². The molecule has 3 aromatic carbocycles. The highest BCUT2D eigenvalue weighted by molar-refractivity contribution is 7.92. The van der Waals surface area contributed by atoms with Crippen LogP contribution in [0, 0.1) is 0 Å². The first-order chi connectivity index (χ1) is 19.6. The van der Waals surface area contributed by atoms with Gasteiger partial charge < -0.3 is 20.3 Å². The number of carbonyl (C=O) groups excluding carboxylic acids is 2. The van der Waals surface area contributed by atoms with E-state index in [4.69, 9.17) is 16.3 Å². The van der Waals surface area contributed by atoms with Gasteiger partial charge in [0.25, 0.3) is 21.8 Å². The monoisotopic (exact) mass is 612 g/mol. The van der Waals surface area contributed by atoms with Crippen LogP contribution < -0.4 is 20.1 Å². The highest BCUT2D eigenvalue weighted by Gasteiger charge is 2.21. The van der Waals surface area contributed by atoms with E-state index >= 15 is 0 Å². The molecule has 0 bridgehead atoms. The van der Waals surface area contributed by atoms with Gasteiger partial charge in [-0.05, 0) is 65.7 Å².